The first-order valence-electron chi connectivity index (χ1n) is 5.13. The molecule has 16 heavy (non-hydrogen) atoms. The van der Waals surface area contributed by atoms with Gasteiger partial charge in [0.25, 0.3) is 0 Å². The van der Waals surface area contributed by atoms with Crippen LogP contribution >= 0.6 is 0 Å². The van der Waals surface area contributed by atoms with Gasteiger partial charge in [-0.2, -0.15) is 0 Å². The molecule has 0 heterocycles. The van der Waals surface area contributed by atoms with Crippen molar-refractivity contribution < 1.29 is 23.1 Å². The van der Waals surface area contributed by atoms with Crippen molar-refractivity contribution in [3.05, 3.63) is 0 Å². The van der Waals surface area contributed by atoms with Gasteiger partial charge < -0.3 is 9.84 Å². The van der Waals surface area contributed by atoms with E-state index in [1.807, 2.05) is 0 Å². The first-order chi connectivity index (χ1) is 7.28. The SMILES string of the molecule is CC[C@@H](NS(=O)(=O)CCOC(C)C)C(=O)O. The highest BCUT2D eigenvalue weighted by atomic mass is 32.2. The Balaban J connectivity index is 4.18. The van der Waals surface area contributed by atoms with E-state index in [-0.39, 0.29) is 24.9 Å². The van der Waals surface area contributed by atoms with Crippen molar-refractivity contribution in [1.29, 1.82) is 0 Å². The third-order valence-corrected chi connectivity index (χ3v) is 3.18. The Labute approximate surface area is 96.0 Å². The number of ether oxygens (including phenoxy) is 1. The largest absolute Gasteiger partial charge is 0.480 e. The lowest BCUT2D eigenvalue weighted by Crippen LogP contribution is -2.42. The van der Waals surface area contributed by atoms with Gasteiger partial charge in [-0.1, -0.05) is 6.92 Å². The second-order valence-electron chi connectivity index (χ2n) is 3.66. The normalized spacial score (nSPS) is 14.0. The van der Waals surface area contributed by atoms with Gasteiger partial charge in [0, 0.05) is 0 Å². The molecule has 0 radical (unpaired) electrons. The lowest BCUT2D eigenvalue weighted by atomic mass is 10.2. The maximum atomic E-state index is 11.4. The van der Waals surface area contributed by atoms with Crippen molar-refractivity contribution in [3.63, 3.8) is 0 Å². The first-order valence-corrected chi connectivity index (χ1v) is 6.78. The number of sulfonamides is 1. The fraction of sp³-hybridized carbons (Fsp3) is 0.889. The molecule has 0 unspecified atom stereocenters. The van der Waals surface area contributed by atoms with E-state index in [0.717, 1.165) is 0 Å². The second kappa shape index (κ2) is 6.82. The minimum Gasteiger partial charge on any atom is -0.480 e. The third-order valence-electron chi connectivity index (χ3n) is 1.83. The van der Waals surface area contributed by atoms with Gasteiger partial charge in [0.15, 0.2) is 0 Å². The molecule has 0 rings (SSSR count). The van der Waals surface area contributed by atoms with Crippen LogP contribution in [0.5, 0.6) is 0 Å². The third kappa shape index (κ3) is 6.76. The summed E-state index contributed by atoms with van der Waals surface area (Å²) in [4.78, 5) is 10.6. The van der Waals surface area contributed by atoms with E-state index < -0.39 is 22.0 Å². The molecule has 0 aliphatic heterocycles. The first kappa shape index (κ1) is 15.3. The zero-order valence-electron chi connectivity index (χ0n) is 9.76. The summed E-state index contributed by atoms with van der Waals surface area (Å²) in [5, 5.41) is 8.69. The summed E-state index contributed by atoms with van der Waals surface area (Å²) in [6, 6.07) is -1.07. The fourth-order valence-electron chi connectivity index (χ4n) is 0.978. The van der Waals surface area contributed by atoms with Gasteiger partial charge in [0.1, 0.15) is 6.04 Å². The highest BCUT2D eigenvalue weighted by Gasteiger charge is 2.21. The van der Waals surface area contributed by atoms with Crippen molar-refractivity contribution in [3.8, 4) is 0 Å². The molecule has 0 saturated heterocycles. The molecule has 0 aliphatic rings. The number of aliphatic carboxylic acids is 1. The summed E-state index contributed by atoms with van der Waals surface area (Å²) >= 11 is 0. The summed E-state index contributed by atoms with van der Waals surface area (Å²) < 4.78 is 30.1. The average molecular weight is 253 g/mol. The molecule has 0 aromatic carbocycles. The summed E-state index contributed by atoms with van der Waals surface area (Å²) in [6.45, 7) is 5.26. The van der Waals surface area contributed by atoms with Gasteiger partial charge in [-0.05, 0) is 20.3 Å². The van der Waals surface area contributed by atoms with Crippen LogP contribution in [0.3, 0.4) is 0 Å². The van der Waals surface area contributed by atoms with E-state index in [4.69, 9.17) is 9.84 Å². The monoisotopic (exact) mass is 253 g/mol. The molecule has 0 saturated carbocycles. The van der Waals surface area contributed by atoms with Gasteiger partial charge in [0.2, 0.25) is 10.0 Å². The molecule has 0 aromatic heterocycles. The van der Waals surface area contributed by atoms with Crippen molar-refractivity contribution in [2.75, 3.05) is 12.4 Å². The minimum atomic E-state index is -3.59. The molecule has 0 aromatic rings. The van der Waals surface area contributed by atoms with Gasteiger partial charge in [0.05, 0.1) is 18.5 Å². The zero-order valence-corrected chi connectivity index (χ0v) is 10.6. The molecule has 1 atom stereocenters. The quantitative estimate of drug-likeness (QED) is 0.644. The minimum absolute atomic E-state index is 0.0448. The second-order valence-corrected chi connectivity index (χ2v) is 5.53. The number of carboxylic acids is 1. The molecule has 2 N–H and O–H groups in total. The molecular weight excluding hydrogens is 234 g/mol. The Hall–Kier alpha value is -0.660. The highest BCUT2D eigenvalue weighted by molar-refractivity contribution is 7.89. The van der Waals surface area contributed by atoms with Crippen LogP contribution in [0, 0.1) is 0 Å². The number of carboxylic acid groups (broad SMARTS) is 1. The standard InChI is InChI=1S/C9H19NO5S/c1-4-8(9(11)12)10-16(13,14)6-5-15-7(2)3/h7-8,10H,4-6H2,1-3H3,(H,11,12)/t8-/m1/s1. The maximum Gasteiger partial charge on any atom is 0.321 e. The summed E-state index contributed by atoms with van der Waals surface area (Å²) in [7, 11) is -3.59. The molecule has 7 heteroatoms. The molecule has 0 amide bonds. The summed E-state index contributed by atoms with van der Waals surface area (Å²) in [5.41, 5.74) is 0. The van der Waals surface area contributed by atoms with Crippen molar-refractivity contribution in [2.24, 2.45) is 0 Å². The van der Waals surface area contributed by atoms with Crippen molar-refractivity contribution in [2.45, 2.75) is 39.3 Å². The van der Waals surface area contributed by atoms with Crippen LogP contribution in [0.2, 0.25) is 0 Å². The van der Waals surface area contributed by atoms with Gasteiger partial charge in [-0.15, -0.1) is 0 Å². The number of hydrogen-bond acceptors (Lipinski definition) is 4. The van der Waals surface area contributed by atoms with E-state index in [9.17, 15) is 13.2 Å². The van der Waals surface area contributed by atoms with E-state index >= 15 is 0 Å². The summed E-state index contributed by atoms with van der Waals surface area (Å²) in [6.07, 6.45) is 0.163. The molecule has 0 aliphatic carbocycles. The number of rotatable bonds is 8. The smallest absolute Gasteiger partial charge is 0.321 e. The number of hydrogen-bond donors (Lipinski definition) is 2. The van der Waals surface area contributed by atoms with Gasteiger partial charge in [-0.25, -0.2) is 13.1 Å². The van der Waals surface area contributed by atoms with Crippen LogP contribution in [0.15, 0.2) is 0 Å². The van der Waals surface area contributed by atoms with Crippen LogP contribution in [-0.4, -0.2) is 44.0 Å². The van der Waals surface area contributed by atoms with E-state index in [1.165, 1.54) is 0 Å². The predicted molar refractivity (Wildman–Crippen MR) is 59.7 cm³/mol. The molecule has 0 fully saturated rings. The van der Waals surface area contributed by atoms with Crippen LogP contribution in [0.1, 0.15) is 27.2 Å². The maximum absolute atomic E-state index is 11.4. The average Bonchev–Trinajstić information content (AvgIpc) is 2.12. The Morgan fingerprint density at radius 2 is 2.00 bits per heavy atom. The van der Waals surface area contributed by atoms with E-state index in [1.54, 1.807) is 20.8 Å². The Bertz CT molecular complexity index is 312. The lowest BCUT2D eigenvalue weighted by molar-refractivity contribution is -0.139. The highest BCUT2D eigenvalue weighted by Crippen LogP contribution is 1.97. The van der Waals surface area contributed by atoms with Crippen molar-refractivity contribution >= 4 is 16.0 Å². The van der Waals surface area contributed by atoms with Crippen molar-refractivity contribution in [1.82, 2.24) is 4.72 Å². The van der Waals surface area contributed by atoms with Gasteiger partial charge in [-0.3, -0.25) is 4.79 Å². The van der Waals surface area contributed by atoms with Crippen LogP contribution in [0.25, 0.3) is 0 Å². The fourth-order valence-corrected chi connectivity index (χ4v) is 2.11. The van der Waals surface area contributed by atoms with Crippen LogP contribution < -0.4 is 4.72 Å². The topological polar surface area (TPSA) is 92.7 Å². The lowest BCUT2D eigenvalue weighted by Gasteiger charge is -2.13. The van der Waals surface area contributed by atoms with Crippen LogP contribution in [-0.2, 0) is 19.6 Å². The number of carbonyl (C=O) groups is 1. The van der Waals surface area contributed by atoms with Gasteiger partial charge >= 0.3 is 5.97 Å². The Morgan fingerprint density at radius 1 is 1.44 bits per heavy atom. The molecule has 0 spiro atoms. The Morgan fingerprint density at radius 3 is 2.38 bits per heavy atom. The van der Waals surface area contributed by atoms with E-state index in [2.05, 4.69) is 4.72 Å². The predicted octanol–water partition coefficient (Wildman–Crippen LogP) is 0.194. The molecule has 96 valence electrons. The number of nitrogens with one attached hydrogen (secondary N) is 1. The van der Waals surface area contributed by atoms with E-state index in [0.29, 0.717) is 0 Å². The summed E-state index contributed by atoms with van der Waals surface area (Å²) in [5.74, 6) is -1.40. The van der Waals surface area contributed by atoms with Crippen LogP contribution in [0.4, 0.5) is 0 Å². The zero-order chi connectivity index (χ0) is 12.8. The Kier molecular flexibility index (Phi) is 6.54. The molecule has 0 bridgehead atoms. The molecule has 6 nitrogen and oxygen atoms in total. The molecular formula is C9H19NO5S.